The monoisotopic (exact) mass is 420 g/mol. The number of alkyl halides is 3. The molecule has 1 N–H and O–H groups in total. The van der Waals surface area contributed by atoms with Crippen LogP contribution in [0.3, 0.4) is 0 Å². The average molecular weight is 420 g/mol. The quantitative estimate of drug-likeness (QED) is 0.710. The van der Waals surface area contributed by atoms with Crippen molar-refractivity contribution in [3.8, 4) is 5.75 Å². The molecule has 2 aromatic rings. The van der Waals surface area contributed by atoms with Crippen LogP contribution in [-0.2, 0) is 6.18 Å². The zero-order chi connectivity index (χ0) is 21.9. The number of nitrogens with zero attached hydrogens (tertiary/aromatic N) is 1. The van der Waals surface area contributed by atoms with Gasteiger partial charge in [-0.1, -0.05) is 36.4 Å². The third-order valence-corrected chi connectivity index (χ3v) is 5.81. The lowest BCUT2D eigenvalue weighted by Gasteiger charge is -2.42. The van der Waals surface area contributed by atoms with E-state index in [4.69, 9.17) is 4.74 Å². The highest BCUT2D eigenvalue weighted by Gasteiger charge is 2.40. The zero-order valence-corrected chi connectivity index (χ0v) is 17.4. The first kappa shape index (κ1) is 22.2. The number of carbonyl (C=O) groups excluding carboxylic acids is 1. The molecule has 1 atom stereocenters. The van der Waals surface area contributed by atoms with Crippen LogP contribution in [0.2, 0.25) is 0 Å². The summed E-state index contributed by atoms with van der Waals surface area (Å²) in [5, 5.41) is 2.99. The lowest BCUT2D eigenvalue weighted by Crippen LogP contribution is -2.52. The van der Waals surface area contributed by atoms with Gasteiger partial charge in [0.15, 0.2) is 0 Å². The molecule has 1 fully saturated rings. The number of methoxy groups -OCH3 is 1. The highest BCUT2D eigenvalue weighted by Crippen LogP contribution is 2.39. The summed E-state index contributed by atoms with van der Waals surface area (Å²) in [5.74, 6) is -1.06. The molecule has 7 heteroatoms. The molecule has 162 valence electrons. The Balaban J connectivity index is 1.99. The molecule has 0 bridgehead atoms. The predicted molar refractivity (Wildman–Crippen MR) is 110 cm³/mol. The van der Waals surface area contributed by atoms with Gasteiger partial charge < -0.3 is 10.1 Å². The zero-order valence-electron chi connectivity index (χ0n) is 17.4. The van der Waals surface area contributed by atoms with Crippen molar-refractivity contribution in [2.45, 2.75) is 44.4 Å². The molecule has 0 aliphatic carbocycles. The first-order valence-corrected chi connectivity index (χ1v) is 10.0. The molecule has 0 radical (unpaired) electrons. The lowest BCUT2D eigenvalue weighted by molar-refractivity contribution is -0.138. The Morgan fingerprint density at radius 1 is 1.03 bits per heavy atom. The predicted octanol–water partition coefficient (Wildman–Crippen LogP) is 5.06. The van der Waals surface area contributed by atoms with E-state index in [1.807, 2.05) is 30.3 Å². The van der Waals surface area contributed by atoms with Gasteiger partial charge in [0.1, 0.15) is 5.75 Å². The van der Waals surface area contributed by atoms with Gasteiger partial charge in [-0.15, -0.1) is 0 Å². The molecule has 3 rings (SSSR count). The molecule has 1 heterocycles. The minimum Gasteiger partial charge on any atom is -0.495 e. The van der Waals surface area contributed by atoms with E-state index in [1.165, 1.54) is 12.1 Å². The average Bonchev–Trinajstić information content (AvgIpc) is 3.27. The molecule has 1 unspecified atom stereocenters. The summed E-state index contributed by atoms with van der Waals surface area (Å²) in [7, 11) is 1.14. The normalized spacial score (nSPS) is 16.3. The second-order valence-corrected chi connectivity index (χ2v) is 8.05. The van der Waals surface area contributed by atoms with Crippen LogP contribution >= 0.6 is 0 Å². The number of likely N-dealkylation sites (tertiary alicyclic amines) is 1. The summed E-state index contributed by atoms with van der Waals surface area (Å²) in [5.41, 5.74) is -0.630. The molecular formula is C23H27F3N2O2. The molecule has 1 saturated heterocycles. The van der Waals surface area contributed by atoms with Crippen LogP contribution in [0.25, 0.3) is 0 Å². The van der Waals surface area contributed by atoms with E-state index >= 15 is 0 Å². The minimum atomic E-state index is -4.62. The van der Waals surface area contributed by atoms with Crippen LogP contribution in [0.4, 0.5) is 13.2 Å². The number of nitrogens with one attached hydrogen (secondary N) is 1. The first-order valence-electron chi connectivity index (χ1n) is 10.0. The highest BCUT2D eigenvalue weighted by atomic mass is 19.4. The largest absolute Gasteiger partial charge is 0.495 e. The van der Waals surface area contributed by atoms with Crippen molar-refractivity contribution < 1.29 is 22.7 Å². The summed E-state index contributed by atoms with van der Waals surface area (Å²) < 4.78 is 45.2. The van der Waals surface area contributed by atoms with Gasteiger partial charge in [0, 0.05) is 5.54 Å². The Hall–Kier alpha value is -2.54. The molecule has 0 spiro atoms. The second kappa shape index (κ2) is 8.68. The Labute approximate surface area is 175 Å². The molecule has 1 aliphatic heterocycles. The van der Waals surface area contributed by atoms with Gasteiger partial charge in [0.25, 0.3) is 5.91 Å². The van der Waals surface area contributed by atoms with Gasteiger partial charge >= 0.3 is 6.18 Å². The van der Waals surface area contributed by atoms with Crippen molar-refractivity contribution in [3.05, 3.63) is 65.2 Å². The number of benzene rings is 2. The summed E-state index contributed by atoms with van der Waals surface area (Å²) in [6, 6.07) is 12.6. The van der Waals surface area contributed by atoms with E-state index < -0.39 is 35.0 Å². The van der Waals surface area contributed by atoms with Crippen molar-refractivity contribution in [2.75, 3.05) is 20.2 Å². The Kier molecular flexibility index (Phi) is 6.41. The van der Waals surface area contributed by atoms with Gasteiger partial charge in [-0.25, -0.2) is 0 Å². The SMILES string of the molecule is COc1c(C(=O)NC(c2ccccc2)C(C)(C)N2CCCC2)cccc1C(F)(F)F. The van der Waals surface area contributed by atoms with Gasteiger partial charge in [0.05, 0.1) is 24.3 Å². The molecule has 2 aromatic carbocycles. The van der Waals surface area contributed by atoms with Gasteiger partial charge in [-0.05, 0) is 57.5 Å². The first-order chi connectivity index (χ1) is 14.2. The van der Waals surface area contributed by atoms with Crippen LogP contribution in [0.15, 0.2) is 48.5 Å². The standard InChI is InChI=1S/C23H27F3N2O2/c1-22(2,28-14-7-8-15-28)20(16-10-5-4-6-11-16)27-21(29)17-12-9-13-18(19(17)30-3)23(24,25)26/h4-6,9-13,20H,7-8,14-15H2,1-3H3,(H,27,29). The van der Waals surface area contributed by atoms with Crippen LogP contribution in [0.5, 0.6) is 5.75 Å². The number of halogens is 3. The molecule has 0 saturated carbocycles. The minimum absolute atomic E-state index is 0.134. The molecular weight excluding hydrogens is 393 g/mol. The summed E-state index contributed by atoms with van der Waals surface area (Å²) in [6.07, 6.45) is -2.45. The van der Waals surface area contributed by atoms with Gasteiger partial charge in [-0.2, -0.15) is 13.2 Å². The fourth-order valence-electron chi connectivity index (χ4n) is 4.16. The highest BCUT2D eigenvalue weighted by molar-refractivity contribution is 5.97. The summed E-state index contributed by atoms with van der Waals surface area (Å²) >= 11 is 0. The maximum absolute atomic E-state index is 13.4. The van der Waals surface area contributed by atoms with Crippen LogP contribution < -0.4 is 10.1 Å². The van der Waals surface area contributed by atoms with Crippen LogP contribution in [0.1, 0.15) is 54.2 Å². The number of amides is 1. The van der Waals surface area contributed by atoms with E-state index in [9.17, 15) is 18.0 Å². The van der Waals surface area contributed by atoms with Gasteiger partial charge in [0.2, 0.25) is 0 Å². The smallest absolute Gasteiger partial charge is 0.419 e. The van der Waals surface area contributed by atoms with E-state index in [-0.39, 0.29) is 5.56 Å². The molecule has 1 aliphatic rings. The van der Waals surface area contributed by atoms with E-state index in [2.05, 4.69) is 24.1 Å². The number of ether oxygens (including phenoxy) is 1. The van der Waals surface area contributed by atoms with Crippen molar-refractivity contribution in [1.82, 2.24) is 10.2 Å². The lowest BCUT2D eigenvalue weighted by atomic mass is 9.86. The molecule has 0 aromatic heterocycles. The summed E-state index contributed by atoms with van der Waals surface area (Å²) in [4.78, 5) is 15.5. The molecule has 30 heavy (non-hydrogen) atoms. The Bertz CT molecular complexity index is 876. The maximum atomic E-state index is 13.4. The van der Waals surface area contributed by atoms with Crippen LogP contribution in [0, 0.1) is 0 Å². The Morgan fingerprint density at radius 3 is 2.23 bits per heavy atom. The summed E-state index contributed by atoms with van der Waals surface area (Å²) in [6.45, 7) is 5.94. The number of hydrogen-bond acceptors (Lipinski definition) is 3. The van der Waals surface area contributed by atoms with Crippen molar-refractivity contribution >= 4 is 5.91 Å². The van der Waals surface area contributed by atoms with E-state index in [0.29, 0.717) is 0 Å². The number of rotatable bonds is 6. The molecule has 4 nitrogen and oxygen atoms in total. The Morgan fingerprint density at radius 2 is 1.67 bits per heavy atom. The van der Waals surface area contributed by atoms with Gasteiger partial charge in [-0.3, -0.25) is 9.69 Å². The van der Waals surface area contributed by atoms with E-state index in [1.54, 1.807) is 0 Å². The molecule has 1 amide bonds. The number of hydrogen-bond donors (Lipinski definition) is 1. The fourth-order valence-corrected chi connectivity index (χ4v) is 4.16. The third kappa shape index (κ3) is 4.46. The second-order valence-electron chi connectivity index (χ2n) is 8.05. The number of para-hydroxylation sites is 1. The van der Waals surface area contributed by atoms with Crippen molar-refractivity contribution in [2.24, 2.45) is 0 Å². The third-order valence-electron chi connectivity index (χ3n) is 5.81. The van der Waals surface area contributed by atoms with Crippen molar-refractivity contribution in [1.29, 1.82) is 0 Å². The van der Waals surface area contributed by atoms with Crippen LogP contribution in [-0.4, -0.2) is 36.5 Å². The van der Waals surface area contributed by atoms with E-state index in [0.717, 1.165) is 44.7 Å². The van der Waals surface area contributed by atoms with Crippen molar-refractivity contribution in [3.63, 3.8) is 0 Å². The topological polar surface area (TPSA) is 41.6 Å². The fraction of sp³-hybridized carbons (Fsp3) is 0.435. The number of carbonyl (C=O) groups is 1. The maximum Gasteiger partial charge on any atom is 0.419 e.